The van der Waals surface area contributed by atoms with Gasteiger partial charge in [0.2, 0.25) is 0 Å². The molecule has 2 nitrogen and oxygen atoms in total. The van der Waals surface area contributed by atoms with Gasteiger partial charge in [0.15, 0.2) is 0 Å². The molecular formula is C40H45ClN2. The fraction of sp³-hybridized carbons (Fsp3) is 0.450. The summed E-state index contributed by atoms with van der Waals surface area (Å²) in [4.78, 5) is 5.47. The van der Waals surface area contributed by atoms with Crippen LogP contribution in [0.2, 0.25) is 0 Å². The summed E-state index contributed by atoms with van der Waals surface area (Å²) in [6.07, 6.45) is 51.5. The third kappa shape index (κ3) is 5.04. The minimum Gasteiger partial charge on any atom is -0.357 e. The van der Waals surface area contributed by atoms with Gasteiger partial charge in [0.05, 0.1) is 18.1 Å². The summed E-state index contributed by atoms with van der Waals surface area (Å²) < 4.78 is 0. The molecule has 1 aliphatic heterocycles. The first kappa shape index (κ1) is 27.6. The number of halogens is 1. The molecule has 1 saturated carbocycles. The zero-order valence-corrected chi connectivity index (χ0v) is 26.1. The molecule has 8 rings (SSSR count). The molecule has 7 aliphatic carbocycles. The number of fused-ring (bicyclic) bond motifs is 3. The Morgan fingerprint density at radius 2 is 1.70 bits per heavy atom. The van der Waals surface area contributed by atoms with Crippen LogP contribution in [0.5, 0.6) is 0 Å². The van der Waals surface area contributed by atoms with Crippen LogP contribution in [-0.2, 0) is 0 Å². The van der Waals surface area contributed by atoms with Gasteiger partial charge >= 0.3 is 0 Å². The Labute approximate surface area is 263 Å². The highest BCUT2D eigenvalue weighted by atomic mass is 35.5. The first-order chi connectivity index (χ1) is 21.3. The van der Waals surface area contributed by atoms with Crippen LogP contribution in [0.15, 0.2) is 130 Å². The van der Waals surface area contributed by atoms with Crippen LogP contribution in [-0.4, -0.2) is 27.9 Å². The maximum Gasteiger partial charge on any atom is 0.0583 e. The average Bonchev–Trinajstić information content (AvgIpc) is 3.40. The van der Waals surface area contributed by atoms with Gasteiger partial charge in [-0.05, 0) is 111 Å². The molecule has 0 aromatic heterocycles. The molecule has 222 valence electrons. The minimum absolute atomic E-state index is 0.408. The molecule has 0 saturated heterocycles. The molecule has 43 heavy (non-hydrogen) atoms. The summed E-state index contributed by atoms with van der Waals surface area (Å²) in [5.41, 5.74) is 7.57. The van der Waals surface area contributed by atoms with Crippen molar-refractivity contribution in [1.29, 1.82) is 0 Å². The van der Waals surface area contributed by atoms with E-state index in [9.17, 15) is 0 Å². The topological polar surface area (TPSA) is 6.48 Å². The number of rotatable bonds is 5. The van der Waals surface area contributed by atoms with Gasteiger partial charge in [-0.25, -0.2) is 0 Å². The highest BCUT2D eigenvalue weighted by molar-refractivity contribution is 6.31. The third-order valence-corrected chi connectivity index (χ3v) is 11.7. The number of allylic oxidation sites excluding steroid dienone is 14. The molecule has 1 heterocycles. The maximum atomic E-state index is 6.70. The second-order valence-corrected chi connectivity index (χ2v) is 14.1. The van der Waals surface area contributed by atoms with Gasteiger partial charge in [-0.15, -0.1) is 0 Å². The molecule has 0 aromatic carbocycles. The molecule has 3 heteroatoms. The van der Waals surface area contributed by atoms with Crippen LogP contribution in [0.4, 0.5) is 0 Å². The average molecular weight is 589 g/mol. The molecule has 0 N–H and O–H groups in total. The Morgan fingerprint density at radius 3 is 2.53 bits per heavy atom. The lowest BCUT2D eigenvalue weighted by Crippen LogP contribution is -2.40. The van der Waals surface area contributed by atoms with Crippen molar-refractivity contribution >= 4 is 11.6 Å². The van der Waals surface area contributed by atoms with E-state index in [1.165, 1.54) is 55.6 Å². The van der Waals surface area contributed by atoms with Gasteiger partial charge in [-0.1, -0.05) is 97.0 Å². The second-order valence-electron chi connectivity index (χ2n) is 13.7. The van der Waals surface area contributed by atoms with Gasteiger partial charge in [-0.3, -0.25) is 0 Å². The quantitative estimate of drug-likeness (QED) is 0.295. The van der Waals surface area contributed by atoms with E-state index in [2.05, 4.69) is 107 Å². The molecule has 0 aromatic rings. The number of hydrogen-bond donors (Lipinski definition) is 0. The molecule has 1 fully saturated rings. The van der Waals surface area contributed by atoms with E-state index in [-0.39, 0.29) is 0 Å². The van der Waals surface area contributed by atoms with Crippen molar-refractivity contribution in [1.82, 2.24) is 9.80 Å². The molecule has 7 unspecified atom stereocenters. The van der Waals surface area contributed by atoms with E-state index in [1.807, 2.05) is 0 Å². The van der Waals surface area contributed by atoms with E-state index in [4.69, 9.17) is 11.6 Å². The van der Waals surface area contributed by atoms with E-state index in [0.717, 1.165) is 37.1 Å². The predicted octanol–water partition coefficient (Wildman–Crippen LogP) is 9.97. The largest absolute Gasteiger partial charge is 0.357 e. The fourth-order valence-electron chi connectivity index (χ4n) is 9.35. The lowest BCUT2D eigenvalue weighted by Gasteiger charge is -2.43. The lowest BCUT2D eigenvalue weighted by molar-refractivity contribution is 0.247. The van der Waals surface area contributed by atoms with Crippen LogP contribution in [0.1, 0.15) is 70.6 Å². The summed E-state index contributed by atoms with van der Waals surface area (Å²) in [7, 11) is 0. The first-order valence-electron chi connectivity index (χ1n) is 17.1. The molecule has 0 radical (unpaired) electrons. The lowest BCUT2D eigenvalue weighted by atomic mass is 9.67. The Hall–Kier alpha value is -2.97. The molecule has 0 bridgehead atoms. The van der Waals surface area contributed by atoms with Gasteiger partial charge in [-0.2, -0.15) is 0 Å². The number of hydrogen-bond acceptors (Lipinski definition) is 2. The molecule has 0 amide bonds. The highest BCUT2D eigenvalue weighted by Crippen LogP contribution is 2.49. The summed E-state index contributed by atoms with van der Waals surface area (Å²) in [6.45, 7) is 0. The molecule has 8 aliphatic rings. The van der Waals surface area contributed by atoms with E-state index >= 15 is 0 Å². The zero-order chi connectivity index (χ0) is 28.8. The van der Waals surface area contributed by atoms with Crippen molar-refractivity contribution < 1.29 is 0 Å². The van der Waals surface area contributed by atoms with Crippen LogP contribution in [0.3, 0.4) is 0 Å². The van der Waals surface area contributed by atoms with E-state index < -0.39 is 0 Å². The molecule has 0 spiro atoms. The fourth-order valence-corrected chi connectivity index (χ4v) is 9.66. The van der Waals surface area contributed by atoms with Crippen molar-refractivity contribution in [3.8, 4) is 0 Å². The molecule has 7 atom stereocenters. The van der Waals surface area contributed by atoms with Crippen molar-refractivity contribution in [2.75, 3.05) is 0 Å². The van der Waals surface area contributed by atoms with Gasteiger partial charge in [0.1, 0.15) is 0 Å². The normalized spacial score (nSPS) is 36.0. The minimum atomic E-state index is 0.408. The summed E-state index contributed by atoms with van der Waals surface area (Å²) in [5.74, 6) is 2.37. The van der Waals surface area contributed by atoms with Gasteiger partial charge < -0.3 is 9.80 Å². The summed E-state index contributed by atoms with van der Waals surface area (Å²) in [6, 6.07) is 1.26. The monoisotopic (exact) mass is 588 g/mol. The summed E-state index contributed by atoms with van der Waals surface area (Å²) in [5, 5.41) is 1.03. The van der Waals surface area contributed by atoms with Crippen molar-refractivity contribution in [2.45, 2.75) is 88.8 Å². The van der Waals surface area contributed by atoms with Crippen LogP contribution >= 0.6 is 11.6 Å². The standard InChI is InChI=1S/C40H45ClN2/c41-38-26-25-33(34-15-7-8-16-35(34)38)28-19-21-31(22-20-28)42(29-11-3-1-4-12-29)32-23-24-37-36-17-9-10-18-39(36)43(40(37)27-32)30-13-5-2-6-14-30/h2-3,5-6,9-13,17-19,21,25-28,30-31,33-34,36,39H,1,4,7-8,14-16,20,22-24H2. The van der Waals surface area contributed by atoms with Crippen LogP contribution in [0.25, 0.3) is 0 Å². The van der Waals surface area contributed by atoms with Gasteiger partial charge in [0, 0.05) is 28.0 Å². The Balaban J connectivity index is 1.10. The Bertz CT molecular complexity index is 1470. The SMILES string of the molecule is ClC1=C2CCCCC2C(C2C=CC(N(C3=CCCC=C3)C3=CC4=C(CC3)C3C=CC=CC3N4C3C=CC=CC3)CC2)C=C1. The highest BCUT2D eigenvalue weighted by Gasteiger charge is 2.43. The van der Waals surface area contributed by atoms with Crippen molar-refractivity contribution in [3.05, 3.63) is 130 Å². The Kier molecular flexibility index (Phi) is 7.60. The van der Waals surface area contributed by atoms with E-state index in [1.54, 1.807) is 11.1 Å². The van der Waals surface area contributed by atoms with Crippen LogP contribution in [0, 0.1) is 23.7 Å². The van der Waals surface area contributed by atoms with Crippen molar-refractivity contribution in [3.63, 3.8) is 0 Å². The summed E-state index contributed by atoms with van der Waals surface area (Å²) >= 11 is 6.70. The maximum absolute atomic E-state index is 6.70. The number of nitrogens with zero attached hydrogens (tertiary/aromatic N) is 2. The second kappa shape index (κ2) is 11.8. The zero-order valence-electron chi connectivity index (χ0n) is 25.3. The van der Waals surface area contributed by atoms with Crippen molar-refractivity contribution in [2.24, 2.45) is 23.7 Å². The predicted molar refractivity (Wildman–Crippen MR) is 180 cm³/mol. The first-order valence-corrected chi connectivity index (χ1v) is 17.5. The Morgan fingerprint density at radius 1 is 0.767 bits per heavy atom. The third-order valence-electron chi connectivity index (χ3n) is 11.4. The van der Waals surface area contributed by atoms with Crippen LogP contribution < -0.4 is 0 Å². The molecular weight excluding hydrogens is 544 g/mol. The smallest absolute Gasteiger partial charge is 0.0583 e. The van der Waals surface area contributed by atoms with Gasteiger partial charge in [0.25, 0.3) is 0 Å². The van der Waals surface area contributed by atoms with E-state index in [0.29, 0.717) is 41.8 Å².